The molecule has 0 aliphatic rings. The molecule has 0 aromatic carbocycles. The first-order valence-electron chi connectivity index (χ1n) is 8.07. The maximum Gasteiger partial charge on any atom is 0.247 e. The molecule has 0 fully saturated rings. The van der Waals surface area contributed by atoms with Crippen LogP contribution in [-0.4, -0.2) is 27.7 Å². The van der Waals surface area contributed by atoms with Crippen LogP contribution in [0, 0.1) is 12.3 Å². The Bertz CT molecular complexity index is 720. The maximum atomic E-state index is 11.2. The highest BCUT2D eigenvalue weighted by molar-refractivity contribution is 5.90. The summed E-state index contributed by atoms with van der Waals surface area (Å²) in [6.45, 7) is 10.5. The van der Waals surface area contributed by atoms with E-state index in [-0.39, 0.29) is 11.6 Å². The van der Waals surface area contributed by atoms with Crippen molar-refractivity contribution >= 4 is 17.9 Å². The van der Waals surface area contributed by atoms with Crippen LogP contribution in [0.5, 0.6) is 0 Å². The summed E-state index contributed by atoms with van der Waals surface area (Å²) in [5, 5.41) is 7.58. The summed E-state index contributed by atoms with van der Waals surface area (Å²) in [5.41, 5.74) is 7.22. The number of nitrogens with one attached hydrogen (secondary N) is 2. The van der Waals surface area contributed by atoms with Gasteiger partial charge in [-0.15, -0.1) is 0 Å². The first-order chi connectivity index (χ1) is 11.5. The van der Waals surface area contributed by atoms with Gasteiger partial charge in [-0.05, 0) is 26.3 Å². The lowest BCUT2D eigenvalue weighted by Crippen LogP contribution is -2.29. The third-order valence-corrected chi connectivity index (χ3v) is 3.58. The van der Waals surface area contributed by atoms with Gasteiger partial charge in [0.05, 0.1) is 11.6 Å². The van der Waals surface area contributed by atoms with Gasteiger partial charge in [0.25, 0.3) is 0 Å². The molecule has 1 atom stereocenters. The largest absolute Gasteiger partial charge is 0.383 e. The highest BCUT2D eigenvalue weighted by Gasteiger charge is 2.21. The smallest absolute Gasteiger partial charge is 0.247 e. The molecule has 0 amide bonds. The van der Waals surface area contributed by atoms with Gasteiger partial charge in [0.2, 0.25) is 5.56 Å². The van der Waals surface area contributed by atoms with Crippen molar-refractivity contribution in [1.82, 2.24) is 15.0 Å². The summed E-state index contributed by atoms with van der Waals surface area (Å²) in [7, 11) is 0. The Morgan fingerprint density at radius 3 is 2.54 bits per heavy atom. The van der Waals surface area contributed by atoms with Gasteiger partial charge in [0.1, 0.15) is 17.5 Å². The third kappa shape index (κ3) is 4.18. The van der Waals surface area contributed by atoms with E-state index in [2.05, 4.69) is 15.0 Å². The number of hydrogen-bond donors (Lipinski definition) is 3. The monoisotopic (exact) mass is 330 g/mol. The number of anilines is 2. The Balaban J connectivity index is 0.00000139. The van der Waals surface area contributed by atoms with Crippen molar-refractivity contribution in [1.29, 1.82) is 5.41 Å². The van der Waals surface area contributed by atoms with E-state index in [1.165, 1.54) is 12.3 Å². The highest BCUT2D eigenvalue weighted by Crippen LogP contribution is 2.28. The fraction of sp³-hybridized carbons (Fsp3) is 0.412. The number of H-pyrrole nitrogens is 1. The minimum absolute atomic E-state index is 0.0331. The normalized spacial score (nSPS) is 11.2. The van der Waals surface area contributed by atoms with E-state index in [4.69, 9.17) is 11.1 Å². The molecule has 0 saturated carbocycles. The molecule has 2 aromatic rings. The van der Waals surface area contributed by atoms with Gasteiger partial charge in [0.15, 0.2) is 0 Å². The Kier molecular flexibility index (Phi) is 7.10. The van der Waals surface area contributed by atoms with E-state index < -0.39 is 0 Å². The minimum Gasteiger partial charge on any atom is -0.383 e. The van der Waals surface area contributed by atoms with Crippen LogP contribution >= 0.6 is 0 Å². The molecule has 7 nitrogen and oxygen atoms in total. The molecular formula is C17H26N6O. The number of hydrogen-bond acceptors (Lipinski definition) is 6. The Hall–Kier alpha value is -2.70. The predicted octanol–water partition coefficient (Wildman–Crippen LogP) is 2.67. The van der Waals surface area contributed by atoms with Crippen LogP contribution < -0.4 is 16.2 Å². The second kappa shape index (κ2) is 8.81. The zero-order valence-corrected chi connectivity index (χ0v) is 14.9. The molecule has 4 N–H and O–H groups in total. The Morgan fingerprint density at radius 1 is 1.38 bits per heavy atom. The van der Waals surface area contributed by atoms with Gasteiger partial charge in [-0.1, -0.05) is 19.9 Å². The number of nitrogens with zero attached hydrogens (tertiary/aromatic N) is 3. The van der Waals surface area contributed by atoms with Gasteiger partial charge in [0, 0.05) is 25.0 Å². The second-order valence-corrected chi connectivity index (χ2v) is 4.99. The summed E-state index contributed by atoms with van der Waals surface area (Å²) in [6.07, 6.45) is 2.86. The van der Waals surface area contributed by atoms with Crippen LogP contribution in [0.4, 0.5) is 11.6 Å². The molecule has 130 valence electrons. The molecule has 0 bridgehead atoms. The molecule has 7 heteroatoms. The zero-order chi connectivity index (χ0) is 18.3. The fourth-order valence-corrected chi connectivity index (χ4v) is 2.41. The average Bonchev–Trinajstić information content (AvgIpc) is 2.57. The molecular weight excluding hydrogens is 304 g/mol. The van der Waals surface area contributed by atoms with E-state index in [1.54, 1.807) is 19.2 Å². The summed E-state index contributed by atoms with van der Waals surface area (Å²) in [5.74, 6) is 1.48. The van der Waals surface area contributed by atoms with Gasteiger partial charge >= 0.3 is 0 Å². The quantitative estimate of drug-likeness (QED) is 0.730. The number of rotatable bonds is 5. The molecule has 24 heavy (non-hydrogen) atoms. The van der Waals surface area contributed by atoms with Crippen molar-refractivity contribution in [2.45, 2.75) is 40.7 Å². The fourth-order valence-electron chi connectivity index (χ4n) is 2.41. The molecule has 2 aromatic heterocycles. The van der Waals surface area contributed by atoms with Crippen molar-refractivity contribution in [3.8, 4) is 0 Å². The highest BCUT2D eigenvalue weighted by atomic mass is 16.1. The Labute approximate surface area is 142 Å². The summed E-state index contributed by atoms with van der Waals surface area (Å²) in [6, 6.07) is 3.25. The van der Waals surface area contributed by atoms with Gasteiger partial charge in [-0.2, -0.15) is 0 Å². The molecule has 0 saturated heterocycles. The van der Waals surface area contributed by atoms with Gasteiger partial charge in [-0.3, -0.25) is 4.79 Å². The van der Waals surface area contributed by atoms with Crippen LogP contribution in [0.1, 0.15) is 50.7 Å². The summed E-state index contributed by atoms with van der Waals surface area (Å²) >= 11 is 0. The van der Waals surface area contributed by atoms with Crippen LogP contribution in [0.15, 0.2) is 23.1 Å². The standard InChI is InChI=1S/C15H20N6O.C2H6/c1-4-21(9(2)11-5-6-13(22)18-8-11)15-12(7-16)14(17)19-10(3)20-15;1-2/h5-9,16H,4H2,1-3H3,(H,18,22)(H2,17,19,20);1-2H3/t9-;/m0./s1. The van der Waals surface area contributed by atoms with E-state index in [9.17, 15) is 4.79 Å². The van der Waals surface area contributed by atoms with E-state index in [0.29, 0.717) is 29.6 Å². The van der Waals surface area contributed by atoms with Crippen molar-refractivity contribution in [2.75, 3.05) is 17.2 Å². The summed E-state index contributed by atoms with van der Waals surface area (Å²) < 4.78 is 0. The zero-order valence-electron chi connectivity index (χ0n) is 14.9. The minimum atomic E-state index is -0.138. The lowest BCUT2D eigenvalue weighted by atomic mass is 10.1. The molecule has 2 rings (SSSR count). The first-order valence-corrected chi connectivity index (χ1v) is 8.07. The van der Waals surface area contributed by atoms with E-state index in [0.717, 1.165) is 5.56 Å². The van der Waals surface area contributed by atoms with Crippen LogP contribution in [-0.2, 0) is 0 Å². The SMILES string of the molecule is CC.CCN(c1nc(C)nc(N)c1C=N)[C@@H](C)c1ccc(=O)[nH]c1. The van der Waals surface area contributed by atoms with Gasteiger partial charge in [-0.25, -0.2) is 9.97 Å². The lowest BCUT2D eigenvalue weighted by Gasteiger charge is -2.30. The second-order valence-electron chi connectivity index (χ2n) is 4.99. The molecule has 0 aliphatic heterocycles. The molecule has 0 aliphatic carbocycles. The lowest BCUT2D eigenvalue weighted by molar-refractivity contribution is 0.673. The number of nitrogens with two attached hydrogens (primary N) is 1. The number of aromatic nitrogens is 3. The van der Waals surface area contributed by atoms with Crippen molar-refractivity contribution in [2.24, 2.45) is 0 Å². The number of aromatic amines is 1. The maximum absolute atomic E-state index is 11.2. The molecule has 0 radical (unpaired) electrons. The summed E-state index contributed by atoms with van der Waals surface area (Å²) in [4.78, 5) is 24.5. The number of nitrogen functional groups attached to an aromatic ring is 1. The Morgan fingerprint density at radius 2 is 2.04 bits per heavy atom. The van der Waals surface area contributed by atoms with Crippen molar-refractivity contribution in [3.63, 3.8) is 0 Å². The van der Waals surface area contributed by atoms with Crippen LogP contribution in [0.2, 0.25) is 0 Å². The van der Waals surface area contributed by atoms with Gasteiger partial charge < -0.3 is 21.0 Å². The van der Waals surface area contributed by atoms with E-state index >= 15 is 0 Å². The predicted molar refractivity (Wildman–Crippen MR) is 98.9 cm³/mol. The van der Waals surface area contributed by atoms with Crippen molar-refractivity contribution in [3.05, 3.63) is 45.6 Å². The first kappa shape index (κ1) is 19.3. The average molecular weight is 330 g/mol. The number of pyridine rings is 1. The number of aryl methyl sites for hydroxylation is 1. The van der Waals surface area contributed by atoms with Crippen molar-refractivity contribution < 1.29 is 0 Å². The van der Waals surface area contributed by atoms with Crippen LogP contribution in [0.3, 0.4) is 0 Å². The van der Waals surface area contributed by atoms with Crippen LogP contribution in [0.25, 0.3) is 0 Å². The van der Waals surface area contributed by atoms with E-state index in [1.807, 2.05) is 32.6 Å². The third-order valence-electron chi connectivity index (χ3n) is 3.58. The molecule has 0 spiro atoms. The topological polar surface area (TPSA) is 112 Å². The molecule has 0 unspecified atom stereocenters. The molecule has 2 heterocycles.